The van der Waals surface area contributed by atoms with Crippen LogP contribution in [0.3, 0.4) is 0 Å². The highest BCUT2D eigenvalue weighted by molar-refractivity contribution is 5.06. The van der Waals surface area contributed by atoms with E-state index in [4.69, 9.17) is 5.73 Å². The van der Waals surface area contributed by atoms with Gasteiger partial charge in [-0.05, 0) is 69.6 Å². The van der Waals surface area contributed by atoms with E-state index >= 15 is 0 Å². The van der Waals surface area contributed by atoms with Crippen LogP contribution in [-0.2, 0) is 0 Å². The first kappa shape index (κ1) is 13.8. The van der Waals surface area contributed by atoms with Crippen LogP contribution in [0.25, 0.3) is 0 Å². The summed E-state index contributed by atoms with van der Waals surface area (Å²) >= 11 is 0. The topological polar surface area (TPSA) is 32.5 Å². The van der Waals surface area contributed by atoms with Crippen molar-refractivity contribution < 1.29 is 0 Å². The molecule has 0 aromatic heterocycles. The van der Waals surface area contributed by atoms with E-state index in [1.807, 2.05) is 0 Å². The van der Waals surface area contributed by atoms with Crippen molar-refractivity contribution in [3.05, 3.63) is 0 Å². The smallest absolute Gasteiger partial charge is 0.0487 e. The van der Waals surface area contributed by atoms with Crippen molar-refractivity contribution in [3.63, 3.8) is 0 Å². The van der Waals surface area contributed by atoms with Crippen LogP contribution in [-0.4, -0.2) is 54.6 Å². The first-order valence-electron chi connectivity index (χ1n) is 8.23. The lowest BCUT2D eigenvalue weighted by atomic mass is 9.71. The maximum absolute atomic E-state index is 6.31. The molecule has 0 saturated carbocycles. The minimum absolute atomic E-state index is 0.302. The molecular weight excluding hydrogens is 234 g/mol. The van der Waals surface area contributed by atoms with Crippen molar-refractivity contribution in [1.82, 2.24) is 9.80 Å². The van der Waals surface area contributed by atoms with Gasteiger partial charge in [0.05, 0.1) is 0 Å². The Morgan fingerprint density at radius 2 is 1.79 bits per heavy atom. The summed E-state index contributed by atoms with van der Waals surface area (Å²) < 4.78 is 0. The summed E-state index contributed by atoms with van der Waals surface area (Å²) in [6.07, 6.45) is 6.80. The second-order valence-corrected chi connectivity index (χ2v) is 7.86. The van der Waals surface area contributed by atoms with E-state index in [2.05, 4.69) is 23.6 Å². The first-order valence-corrected chi connectivity index (χ1v) is 8.23. The fourth-order valence-corrected chi connectivity index (χ4v) is 4.73. The Labute approximate surface area is 118 Å². The van der Waals surface area contributed by atoms with E-state index in [1.165, 1.54) is 64.8 Å². The Morgan fingerprint density at radius 3 is 2.37 bits per heavy atom. The van der Waals surface area contributed by atoms with Crippen LogP contribution >= 0.6 is 0 Å². The van der Waals surface area contributed by atoms with Crippen LogP contribution in [0, 0.1) is 11.3 Å². The molecule has 4 aliphatic heterocycles. The zero-order valence-electron chi connectivity index (χ0n) is 12.8. The average Bonchev–Trinajstić information content (AvgIpc) is 2.61. The summed E-state index contributed by atoms with van der Waals surface area (Å²) in [6.45, 7) is 12.1. The van der Waals surface area contributed by atoms with E-state index < -0.39 is 0 Å². The van der Waals surface area contributed by atoms with Gasteiger partial charge in [-0.25, -0.2) is 0 Å². The maximum atomic E-state index is 6.31. The number of likely N-dealkylation sites (tertiary alicyclic amines) is 1. The fraction of sp³-hybridized carbons (Fsp3) is 1.00. The largest absolute Gasteiger partial charge is 0.329 e. The highest BCUT2D eigenvalue weighted by Gasteiger charge is 2.49. The summed E-state index contributed by atoms with van der Waals surface area (Å²) in [5, 5.41) is 0. The summed E-state index contributed by atoms with van der Waals surface area (Å²) in [5.41, 5.74) is 7.13. The molecule has 4 aliphatic rings. The molecule has 1 atom stereocenters. The van der Waals surface area contributed by atoms with E-state index in [1.54, 1.807) is 0 Å². The molecule has 0 aliphatic carbocycles. The van der Waals surface area contributed by atoms with E-state index in [9.17, 15) is 0 Å². The molecule has 0 spiro atoms. The summed E-state index contributed by atoms with van der Waals surface area (Å²) in [4.78, 5) is 5.45. The van der Waals surface area contributed by atoms with Gasteiger partial charge in [0.15, 0.2) is 0 Å². The Kier molecular flexibility index (Phi) is 3.65. The third-order valence-corrected chi connectivity index (χ3v) is 6.17. The highest BCUT2D eigenvalue weighted by Crippen LogP contribution is 2.41. The van der Waals surface area contributed by atoms with Gasteiger partial charge >= 0.3 is 0 Å². The van der Waals surface area contributed by atoms with Crippen molar-refractivity contribution in [1.29, 1.82) is 0 Å². The average molecular weight is 265 g/mol. The Hall–Kier alpha value is -0.120. The number of nitrogens with zero attached hydrogens (tertiary/aromatic N) is 2. The zero-order chi connectivity index (χ0) is 13.5. The van der Waals surface area contributed by atoms with Gasteiger partial charge in [0.2, 0.25) is 0 Å². The molecule has 4 saturated heterocycles. The Bertz CT molecular complexity index is 320. The minimum Gasteiger partial charge on any atom is -0.329 e. The lowest BCUT2D eigenvalue weighted by Crippen LogP contribution is -2.70. The highest BCUT2D eigenvalue weighted by atomic mass is 15.3. The van der Waals surface area contributed by atoms with Gasteiger partial charge in [-0.2, -0.15) is 0 Å². The van der Waals surface area contributed by atoms with Crippen molar-refractivity contribution in [2.75, 3.05) is 39.3 Å². The van der Waals surface area contributed by atoms with Crippen molar-refractivity contribution in [2.45, 2.75) is 51.5 Å². The predicted octanol–water partition coefficient (Wildman–Crippen LogP) is 1.92. The van der Waals surface area contributed by atoms with Crippen LogP contribution in [0.1, 0.15) is 46.0 Å². The third-order valence-electron chi connectivity index (χ3n) is 6.17. The number of hydrogen-bond acceptors (Lipinski definition) is 3. The molecule has 0 radical (unpaired) electrons. The van der Waals surface area contributed by atoms with Crippen LogP contribution < -0.4 is 5.73 Å². The molecule has 4 rings (SSSR count). The molecule has 0 aromatic rings. The van der Waals surface area contributed by atoms with E-state index in [-0.39, 0.29) is 0 Å². The maximum Gasteiger partial charge on any atom is 0.0487 e. The van der Waals surface area contributed by atoms with Crippen molar-refractivity contribution in [3.8, 4) is 0 Å². The van der Waals surface area contributed by atoms with Gasteiger partial charge in [0.1, 0.15) is 0 Å². The molecule has 0 amide bonds. The molecule has 2 N–H and O–H groups in total. The molecule has 3 heteroatoms. The molecule has 1 unspecified atom stereocenters. The number of fused-ring (bicyclic) bond motifs is 3. The van der Waals surface area contributed by atoms with E-state index in [0.717, 1.165) is 12.5 Å². The third kappa shape index (κ3) is 2.45. The predicted molar refractivity (Wildman–Crippen MR) is 80.2 cm³/mol. The SMILES string of the molecule is CC1(C)CCCN(C2(CN)CN3CCC2CC3)CC1. The Morgan fingerprint density at radius 1 is 1.05 bits per heavy atom. The summed E-state index contributed by atoms with van der Waals surface area (Å²) in [5.74, 6) is 0.851. The monoisotopic (exact) mass is 265 g/mol. The number of rotatable bonds is 2. The molecular formula is C16H31N3. The van der Waals surface area contributed by atoms with Gasteiger partial charge in [0.25, 0.3) is 0 Å². The normalized spacial score (nSPS) is 43.1. The zero-order valence-corrected chi connectivity index (χ0v) is 12.8. The van der Waals surface area contributed by atoms with Crippen molar-refractivity contribution in [2.24, 2.45) is 17.1 Å². The molecule has 2 bridgehead atoms. The van der Waals surface area contributed by atoms with Crippen LogP contribution in [0.15, 0.2) is 0 Å². The van der Waals surface area contributed by atoms with Gasteiger partial charge in [-0.15, -0.1) is 0 Å². The molecule has 0 aromatic carbocycles. The Balaban J connectivity index is 1.78. The lowest BCUT2D eigenvalue weighted by molar-refractivity contribution is -0.0667. The fourth-order valence-electron chi connectivity index (χ4n) is 4.73. The second kappa shape index (κ2) is 5.01. The summed E-state index contributed by atoms with van der Waals surface area (Å²) in [6, 6.07) is 0. The lowest BCUT2D eigenvalue weighted by Gasteiger charge is -2.57. The van der Waals surface area contributed by atoms with Gasteiger partial charge < -0.3 is 10.6 Å². The summed E-state index contributed by atoms with van der Waals surface area (Å²) in [7, 11) is 0. The number of piperidine rings is 3. The van der Waals surface area contributed by atoms with Crippen LogP contribution in [0.2, 0.25) is 0 Å². The molecule has 110 valence electrons. The van der Waals surface area contributed by atoms with Gasteiger partial charge in [-0.3, -0.25) is 4.90 Å². The standard InChI is InChI=1S/C16H31N3/c1-15(2)6-3-8-19(11-7-15)16(12-17)13-18-9-4-14(16)5-10-18/h14H,3-13,17H2,1-2H3. The minimum atomic E-state index is 0.302. The number of nitrogens with two attached hydrogens (primary N) is 1. The molecule has 19 heavy (non-hydrogen) atoms. The van der Waals surface area contributed by atoms with Gasteiger partial charge in [-0.1, -0.05) is 13.8 Å². The quantitative estimate of drug-likeness (QED) is 0.828. The van der Waals surface area contributed by atoms with Crippen molar-refractivity contribution >= 4 is 0 Å². The number of hydrogen-bond donors (Lipinski definition) is 1. The first-order chi connectivity index (χ1) is 9.06. The van der Waals surface area contributed by atoms with Crippen LogP contribution in [0.5, 0.6) is 0 Å². The van der Waals surface area contributed by atoms with E-state index in [0.29, 0.717) is 11.0 Å². The van der Waals surface area contributed by atoms with Gasteiger partial charge in [0, 0.05) is 18.6 Å². The molecule has 4 fully saturated rings. The second-order valence-electron chi connectivity index (χ2n) is 7.86. The van der Waals surface area contributed by atoms with Crippen LogP contribution in [0.4, 0.5) is 0 Å². The molecule has 4 heterocycles. The molecule has 3 nitrogen and oxygen atoms in total.